The summed E-state index contributed by atoms with van der Waals surface area (Å²) in [5.74, 6) is 0.877. The number of para-hydroxylation sites is 1. The van der Waals surface area contributed by atoms with E-state index in [1.807, 2.05) is 42.1 Å². The van der Waals surface area contributed by atoms with E-state index in [0.29, 0.717) is 11.7 Å². The van der Waals surface area contributed by atoms with Gasteiger partial charge in [0.15, 0.2) is 0 Å². The summed E-state index contributed by atoms with van der Waals surface area (Å²) >= 11 is 0. The molecule has 2 atom stereocenters. The second-order valence-corrected chi connectivity index (χ2v) is 7.87. The number of carbonyl (C=O) groups excluding carboxylic acids is 1. The number of phenolic OH excluding ortho intramolecular Hbond substituents is 1. The van der Waals surface area contributed by atoms with Gasteiger partial charge in [-0.2, -0.15) is 0 Å². The summed E-state index contributed by atoms with van der Waals surface area (Å²) in [6.07, 6.45) is 5.82. The normalized spacial score (nSPS) is 21.7. The number of phenols is 1. The molecule has 5 rings (SSSR count). The van der Waals surface area contributed by atoms with Crippen molar-refractivity contribution in [2.75, 3.05) is 6.54 Å². The second-order valence-electron chi connectivity index (χ2n) is 7.87. The summed E-state index contributed by atoms with van der Waals surface area (Å²) in [6.45, 7) is 0.817. The fourth-order valence-corrected chi connectivity index (χ4v) is 5.20. The molecule has 4 nitrogen and oxygen atoms in total. The molecular formula is C23H24N2O2. The predicted molar refractivity (Wildman–Crippen MR) is 106 cm³/mol. The number of hydrogen-bond acceptors (Lipinski definition) is 2. The molecule has 1 fully saturated rings. The fourth-order valence-electron chi connectivity index (χ4n) is 5.20. The van der Waals surface area contributed by atoms with Crippen molar-refractivity contribution < 1.29 is 9.90 Å². The van der Waals surface area contributed by atoms with Gasteiger partial charge in [-0.15, -0.1) is 0 Å². The average molecular weight is 360 g/mol. The molecule has 1 amide bonds. The van der Waals surface area contributed by atoms with Crippen LogP contribution in [-0.2, 0) is 13.5 Å². The first-order valence-electron chi connectivity index (χ1n) is 9.81. The SMILES string of the molecule is Cn1cc(C(=O)N2CCC[C@H]3c4cccc(O)c4CC[C@H]32)c2ccccc21. The highest BCUT2D eigenvalue weighted by atomic mass is 16.3. The molecule has 0 unspecified atom stereocenters. The lowest BCUT2D eigenvalue weighted by molar-refractivity contribution is 0.0548. The Morgan fingerprint density at radius 1 is 1.11 bits per heavy atom. The monoisotopic (exact) mass is 360 g/mol. The van der Waals surface area contributed by atoms with Gasteiger partial charge in [0, 0.05) is 42.7 Å². The molecular weight excluding hydrogens is 336 g/mol. The maximum absolute atomic E-state index is 13.5. The van der Waals surface area contributed by atoms with Gasteiger partial charge in [0.1, 0.15) is 5.75 Å². The molecule has 2 heterocycles. The van der Waals surface area contributed by atoms with Crippen LogP contribution in [0, 0.1) is 0 Å². The molecule has 1 aromatic heterocycles. The number of hydrogen-bond donors (Lipinski definition) is 1. The average Bonchev–Trinajstić information content (AvgIpc) is 3.04. The standard InChI is InChI=1S/C23H24N2O2/c1-24-14-19(17-6-2-3-9-20(17)24)23(27)25-13-5-8-16-15-7-4-10-22(26)18(15)11-12-21(16)25/h2-4,6-7,9-10,14,16,21,26H,5,8,11-13H2,1H3/t16-,21+/m0/s1. The van der Waals surface area contributed by atoms with Gasteiger partial charge in [0.05, 0.1) is 5.56 Å². The number of nitrogens with zero attached hydrogens (tertiary/aromatic N) is 2. The molecule has 27 heavy (non-hydrogen) atoms. The van der Waals surface area contributed by atoms with E-state index >= 15 is 0 Å². The minimum absolute atomic E-state index is 0.144. The van der Waals surface area contributed by atoms with Gasteiger partial charge in [-0.1, -0.05) is 30.3 Å². The Kier molecular flexibility index (Phi) is 3.74. The van der Waals surface area contributed by atoms with Gasteiger partial charge in [-0.05, 0) is 48.9 Å². The van der Waals surface area contributed by atoms with Crippen LogP contribution >= 0.6 is 0 Å². The third-order valence-corrected chi connectivity index (χ3v) is 6.44. The molecule has 0 radical (unpaired) electrons. The summed E-state index contributed by atoms with van der Waals surface area (Å²) in [5, 5.41) is 11.3. The number of rotatable bonds is 1. The molecule has 1 saturated heterocycles. The number of amides is 1. The fraction of sp³-hybridized carbons (Fsp3) is 0.348. The molecule has 138 valence electrons. The summed E-state index contributed by atoms with van der Waals surface area (Å²) in [5.41, 5.74) is 4.21. The third kappa shape index (κ3) is 2.47. The van der Waals surface area contributed by atoms with Crippen LogP contribution in [-0.4, -0.2) is 33.1 Å². The van der Waals surface area contributed by atoms with Crippen LogP contribution in [0.2, 0.25) is 0 Å². The largest absolute Gasteiger partial charge is 0.508 e. The van der Waals surface area contributed by atoms with Crippen molar-refractivity contribution in [3.63, 3.8) is 0 Å². The lowest BCUT2D eigenvalue weighted by atomic mass is 9.74. The van der Waals surface area contributed by atoms with Crippen LogP contribution in [0.4, 0.5) is 0 Å². The Bertz CT molecular complexity index is 1040. The van der Waals surface area contributed by atoms with Gasteiger partial charge in [0.25, 0.3) is 5.91 Å². The Morgan fingerprint density at radius 3 is 2.85 bits per heavy atom. The highest BCUT2D eigenvalue weighted by Crippen LogP contribution is 2.43. The van der Waals surface area contributed by atoms with Crippen molar-refractivity contribution in [3.05, 3.63) is 65.4 Å². The minimum atomic E-state index is 0.144. The number of aromatic nitrogens is 1. The number of benzene rings is 2. The number of likely N-dealkylation sites (tertiary alicyclic amines) is 1. The first-order valence-corrected chi connectivity index (χ1v) is 9.81. The molecule has 4 heteroatoms. The quantitative estimate of drug-likeness (QED) is 0.706. The van der Waals surface area contributed by atoms with E-state index in [0.717, 1.165) is 54.3 Å². The molecule has 2 aromatic carbocycles. The number of fused-ring (bicyclic) bond motifs is 4. The number of aromatic hydroxyl groups is 1. The molecule has 1 N–H and O–H groups in total. The molecule has 1 aliphatic heterocycles. The van der Waals surface area contributed by atoms with Crippen molar-refractivity contribution in [1.29, 1.82) is 0 Å². The van der Waals surface area contributed by atoms with Crippen molar-refractivity contribution >= 4 is 16.8 Å². The topological polar surface area (TPSA) is 45.5 Å². The van der Waals surface area contributed by atoms with E-state index in [1.54, 1.807) is 6.07 Å². The van der Waals surface area contributed by atoms with E-state index < -0.39 is 0 Å². The zero-order valence-corrected chi connectivity index (χ0v) is 15.6. The minimum Gasteiger partial charge on any atom is -0.508 e. The predicted octanol–water partition coefficient (Wildman–Crippen LogP) is 4.22. The third-order valence-electron chi connectivity index (χ3n) is 6.44. The Balaban J connectivity index is 1.53. The maximum atomic E-state index is 13.5. The van der Waals surface area contributed by atoms with E-state index in [9.17, 15) is 9.90 Å². The lowest BCUT2D eigenvalue weighted by Crippen LogP contribution is -2.49. The van der Waals surface area contributed by atoms with Crippen LogP contribution in [0.25, 0.3) is 10.9 Å². The lowest BCUT2D eigenvalue weighted by Gasteiger charge is -2.45. The molecule has 0 saturated carbocycles. The van der Waals surface area contributed by atoms with Crippen LogP contribution in [0.3, 0.4) is 0 Å². The summed E-state index contributed by atoms with van der Waals surface area (Å²) in [7, 11) is 2.00. The molecule has 2 aliphatic rings. The first-order chi connectivity index (χ1) is 13.1. The second kappa shape index (κ2) is 6.15. The van der Waals surface area contributed by atoms with Gasteiger partial charge in [0.2, 0.25) is 0 Å². The number of aryl methyl sites for hydroxylation is 1. The summed E-state index contributed by atoms with van der Waals surface area (Å²) < 4.78 is 2.04. The molecule has 0 spiro atoms. The highest BCUT2D eigenvalue weighted by molar-refractivity contribution is 6.07. The Hall–Kier alpha value is -2.75. The van der Waals surface area contributed by atoms with Gasteiger partial charge >= 0.3 is 0 Å². The first kappa shape index (κ1) is 16.4. The van der Waals surface area contributed by atoms with Gasteiger partial charge in [-0.25, -0.2) is 0 Å². The van der Waals surface area contributed by atoms with Crippen LogP contribution in [0.1, 0.15) is 46.7 Å². The molecule has 0 bridgehead atoms. The van der Waals surface area contributed by atoms with Crippen molar-refractivity contribution in [2.24, 2.45) is 7.05 Å². The Labute approximate surface area is 159 Å². The maximum Gasteiger partial charge on any atom is 0.256 e. The van der Waals surface area contributed by atoms with Crippen molar-refractivity contribution in [2.45, 2.75) is 37.6 Å². The van der Waals surface area contributed by atoms with Crippen LogP contribution in [0.15, 0.2) is 48.7 Å². The number of piperidine rings is 1. The van der Waals surface area contributed by atoms with E-state index in [1.165, 1.54) is 5.56 Å². The van der Waals surface area contributed by atoms with Crippen molar-refractivity contribution in [3.8, 4) is 5.75 Å². The van der Waals surface area contributed by atoms with Crippen molar-refractivity contribution in [1.82, 2.24) is 9.47 Å². The smallest absolute Gasteiger partial charge is 0.256 e. The highest BCUT2D eigenvalue weighted by Gasteiger charge is 2.39. The molecule has 3 aromatic rings. The van der Waals surface area contributed by atoms with Gasteiger partial charge < -0.3 is 14.6 Å². The zero-order valence-electron chi connectivity index (χ0n) is 15.6. The number of carbonyl (C=O) groups is 1. The Morgan fingerprint density at radius 2 is 1.96 bits per heavy atom. The van der Waals surface area contributed by atoms with E-state index in [2.05, 4.69) is 17.0 Å². The van der Waals surface area contributed by atoms with Crippen LogP contribution < -0.4 is 0 Å². The van der Waals surface area contributed by atoms with E-state index in [-0.39, 0.29) is 11.9 Å². The van der Waals surface area contributed by atoms with Crippen LogP contribution in [0.5, 0.6) is 5.75 Å². The zero-order chi connectivity index (χ0) is 18.5. The van der Waals surface area contributed by atoms with E-state index in [4.69, 9.17) is 0 Å². The molecule has 1 aliphatic carbocycles. The van der Waals surface area contributed by atoms with Gasteiger partial charge in [-0.3, -0.25) is 4.79 Å². The summed E-state index contributed by atoms with van der Waals surface area (Å²) in [6, 6.07) is 14.2. The summed E-state index contributed by atoms with van der Waals surface area (Å²) in [4.78, 5) is 15.6.